The first-order valence-corrected chi connectivity index (χ1v) is 9.73. The van der Waals surface area contributed by atoms with Crippen LogP contribution < -0.4 is 5.32 Å². The highest BCUT2D eigenvalue weighted by molar-refractivity contribution is 14.1. The third-order valence-corrected chi connectivity index (χ3v) is 5.66. The van der Waals surface area contributed by atoms with E-state index in [9.17, 15) is 4.79 Å². The topological polar surface area (TPSA) is 35.6 Å². The van der Waals surface area contributed by atoms with Gasteiger partial charge in [-0.25, -0.2) is 4.79 Å². The molecule has 0 unspecified atom stereocenters. The van der Waals surface area contributed by atoms with Crippen LogP contribution in [0.3, 0.4) is 0 Å². The van der Waals surface area contributed by atoms with Crippen molar-refractivity contribution in [3.63, 3.8) is 0 Å². The molecule has 2 aromatic rings. The minimum Gasteiger partial charge on any atom is -0.322 e. The van der Waals surface area contributed by atoms with Gasteiger partial charge in [-0.05, 0) is 64.7 Å². The fourth-order valence-corrected chi connectivity index (χ4v) is 3.69. The quantitative estimate of drug-likeness (QED) is 0.734. The molecule has 1 fully saturated rings. The maximum absolute atomic E-state index is 12.3. The summed E-state index contributed by atoms with van der Waals surface area (Å²) in [4.78, 5) is 18.1. The van der Waals surface area contributed by atoms with E-state index in [-0.39, 0.29) is 6.03 Å². The van der Waals surface area contributed by atoms with Gasteiger partial charge in [0.2, 0.25) is 0 Å². The molecule has 1 N–H and O–H groups in total. The van der Waals surface area contributed by atoms with Crippen molar-refractivity contribution in [1.29, 1.82) is 0 Å². The molecule has 3 rings (SSSR count). The maximum atomic E-state index is 12.3. The van der Waals surface area contributed by atoms with Crippen molar-refractivity contribution in [2.24, 2.45) is 0 Å². The van der Waals surface area contributed by atoms with Crippen molar-refractivity contribution in [1.82, 2.24) is 9.80 Å². The van der Waals surface area contributed by atoms with E-state index in [0.717, 1.165) is 44.8 Å². The highest BCUT2D eigenvalue weighted by Gasteiger charge is 2.20. The van der Waals surface area contributed by atoms with Gasteiger partial charge in [0.05, 0.1) is 0 Å². The van der Waals surface area contributed by atoms with Crippen LogP contribution in [0.1, 0.15) is 4.88 Å². The Labute approximate surface area is 154 Å². The molecule has 0 aliphatic carbocycles. The van der Waals surface area contributed by atoms with Gasteiger partial charge in [-0.2, -0.15) is 0 Å². The molecule has 1 aromatic carbocycles. The molecule has 23 heavy (non-hydrogen) atoms. The second kappa shape index (κ2) is 8.12. The number of nitrogens with zero attached hydrogens (tertiary/aromatic N) is 2. The molecule has 0 bridgehead atoms. The SMILES string of the molecule is O=C(Nc1ccc(I)cc1)N1CCN(CCc2cccs2)CC1. The lowest BCUT2D eigenvalue weighted by molar-refractivity contribution is 0.148. The Balaban J connectivity index is 1.42. The van der Waals surface area contributed by atoms with Crippen LogP contribution in [0.25, 0.3) is 0 Å². The summed E-state index contributed by atoms with van der Waals surface area (Å²) in [5, 5.41) is 5.10. The van der Waals surface area contributed by atoms with E-state index in [2.05, 4.69) is 50.3 Å². The van der Waals surface area contributed by atoms with Gasteiger partial charge in [0, 0.05) is 46.9 Å². The predicted octanol–water partition coefficient (Wildman–Crippen LogP) is 3.74. The van der Waals surface area contributed by atoms with Crippen molar-refractivity contribution in [2.75, 3.05) is 38.0 Å². The predicted molar refractivity (Wildman–Crippen MR) is 104 cm³/mol. The fraction of sp³-hybridized carbons (Fsp3) is 0.353. The van der Waals surface area contributed by atoms with Crippen molar-refractivity contribution in [2.45, 2.75) is 6.42 Å². The molecule has 1 aliphatic heterocycles. The van der Waals surface area contributed by atoms with E-state index in [1.165, 1.54) is 8.45 Å². The first-order valence-electron chi connectivity index (χ1n) is 7.77. The number of urea groups is 1. The van der Waals surface area contributed by atoms with Gasteiger partial charge >= 0.3 is 6.03 Å². The van der Waals surface area contributed by atoms with Crippen molar-refractivity contribution >= 4 is 45.6 Å². The first kappa shape index (κ1) is 16.7. The van der Waals surface area contributed by atoms with Gasteiger partial charge in [0.15, 0.2) is 0 Å². The molecule has 0 spiro atoms. The zero-order valence-corrected chi connectivity index (χ0v) is 15.8. The molecule has 0 radical (unpaired) electrons. The van der Waals surface area contributed by atoms with Crippen LogP contribution in [0.2, 0.25) is 0 Å². The molecule has 2 heterocycles. The van der Waals surface area contributed by atoms with Crippen LogP contribution in [-0.4, -0.2) is 48.6 Å². The number of thiophene rings is 1. The average Bonchev–Trinajstić information content (AvgIpc) is 3.09. The number of amides is 2. The highest BCUT2D eigenvalue weighted by Crippen LogP contribution is 2.13. The third-order valence-electron chi connectivity index (χ3n) is 4.01. The van der Waals surface area contributed by atoms with Crippen LogP contribution in [0.15, 0.2) is 41.8 Å². The summed E-state index contributed by atoms with van der Waals surface area (Å²) in [7, 11) is 0. The highest BCUT2D eigenvalue weighted by atomic mass is 127. The summed E-state index contributed by atoms with van der Waals surface area (Å²) in [5.41, 5.74) is 0.857. The summed E-state index contributed by atoms with van der Waals surface area (Å²) in [6, 6.07) is 12.2. The smallest absolute Gasteiger partial charge is 0.321 e. The Bertz CT molecular complexity index is 622. The van der Waals surface area contributed by atoms with E-state index in [1.54, 1.807) is 0 Å². The lowest BCUT2D eigenvalue weighted by Gasteiger charge is -2.34. The third kappa shape index (κ3) is 4.92. The van der Waals surface area contributed by atoms with Gasteiger partial charge < -0.3 is 10.2 Å². The van der Waals surface area contributed by atoms with Crippen molar-refractivity contribution in [3.8, 4) is 0 Å². The Kier molecular flexibility index (Phi) is 5.91. The van der Waals surface area contributed by atoms with E-state index in [1.807, 2.05) is 40.5 Å². The number of anilines is 1. The normalized spacial score (nSPS) is 15.6. The second-order valence-corrected chi connectivity index (χ2v) is 7.87. The lowest BCUT2D eigenvalue weighted by atomic mass is 10.2. The Morgan fingerprint density at radius 3 is 2.52 bits per heavy atom. The number of rotatable bonds is 4. The zero-order valence-electron chi connectivity index (χ0n) is 12.9. The summed E-state index contributed by atoms with van der Waals surface area (Å²) in [6.45, 7) is 4.56. The summed E-state index contributed by atoms with van der Waals surface area (Å²) < 4.78 is 1.17. The molecule has 1 aliphatic rings. The van der Waals surface area contributed by atoms with Gasteiger partial charge in [-0.1, -0.05) is 6.07 Å². The number of carbonyl (C=O) groups is 1. The molecule has 0 saturated carbocycles. The second-order valence-electron chi connectivity index (χ2n) is 5.60. The van der Waals surface area contributed by atoms with E-state index in [0.29, 0.717) is 0 Å². The number of piperazine rings is 1. The molecule has 0 atom stereocenters. The first-order chi connectivity index (χ1) is 11.2. The van der Waals surface area contributed by atoms with Crippen LogP contribution in [0.5, 0.6) is 0 Å². The number of benzene rings is 1. The Morgan fingerprint density at radius 2 is 1.87 bits per heavy atom. The molecule has 122 valence electrons. The molecule has 6 heteroatoms. The largest absolute Gasteiger partial charge is 0.322 e. The van der Waals surface area contributed by atoms with Crippen molar-refractivity contribution < 1.29 is 4.79 Å². The number of nitrogens with one attached hydrogen (secondary N) is 1. The van der Waals surface area contributed by atoms with Gasteiger partial charge in [0.25, 0.3) is 0 Å². The number of carbonyl (C=O) groups excluding carboxylic acids is 1. The minimum atomic E-state index is 0.00381. The summed E-state index contributed by atoms with van der Waals surface area (Å²) in [6.07, 6.45) is 1.10. The Morgan fingerprint density at radius 1 is 1.13 bits per heavy atom. The number of hydrogen-bond donors (Lipinski definition) is 1. The van der Waals surface area contributed by atoms with Crippen LogP contribution in [0, 0.1) is 3.57 Å². The van der Waals surface area contributed by atoms with Gasteiger partial charge in [-0.15, -0.1) is 11.3 Å². The van der Waals surface area contributed by atoms with E-state index < -0.39 is 0 Å². The van der Waals surface area contributed by atoms with E-state index >= 15 is 0 Å². The maximum Gasteiger partial charge on any atom is 0.321 e. The molecular weight excluding hydrogens is 421 g/mol. The molecule has 4 nitrogen and oxygen atoms in total. The van der Waals surface area contributed by atoms with Crippen molar-refractivity contribution in [3.05, 3.63) is 50.2 Å². The zero-order chi connectivity index (χ0) is 16.1. The monoisotopic (exact) mass is 441 g/mol. The summed E-state index contributed by atoms with van der Waals surface area (Å²) in [5.74, 6) is 0. The molecular formula is C17H20IN3OS. The molecule has 2 amide bonds. The molecule has 1 saturated heterocycles. The number of halogens is 1. The Hall–Kier alpha value is -1.12. The average molecular weight is 441 g/mol. The fourth-order valence-electron chi connectivity index (χ4n) is 2.63. The van der Waals surface area contributed by atoms with E-state index in [4.69, 9.17) is 0 Å². The standard InChI is InChI=1S/C17H20IN3OS/c18-14-3-5-15(6-4-14)19-17(22)21-11-9-20(10-12-21)8-7-16-2-1-13-23-16/h1-6,13H,7-12H2,(H,19,22). The van der Waals surface area contributed by atoms with Gasteiger partial charge in [-0.3, -0.25) is 4.90 Å². The minimum absolute atomic E-state index is 0.00381. The number of hydrogen-bond acceptors (Lipinski definition) is 3. The summed E-state index contributed by atoms with van der Waals surface area (Å²) >= 11 is 4.08. The van der Waals surface area contributed by atoms with Crippen LogP contribution in [-0.2, 0) is 6.42 Å². The van der Waals surface area contributed by atoms with Gasteiger partial charge in [0.1, 0.15) is 0 Å². The molecule has 1 aromatic heterocycles. The lowest BCUT2D eigenvalue weighted by Crippen LogP contribution is -2.50. The van der Waals surface area contributed by atoms with Crippen LogP contribution in [0.4, 0.5) is 10.5 Å². The van der Waals surface area contributed by atoms with Crippen LogP contribution >= 0.6 is 33.9 Å².